The fourth-order valence-corrected chi connectivity index (χ4v) is 6.64. The Morgan fingerprint density at radius 2 is 1.92 bits per heavy atom. The van der Waals surface area contributed by atoms with E-state index in [-0.39, 0.29) is 32.2 Å². The number of nitrogens with zero attached hydrogens (tertiary/aromatic N) is 3. The number of aromatic nitrogens is 3. The lowest BCUT2D eigenvalue weighted by molar-refractivity contribution is -0.112. The highest BCUT2D eigenvalue weighted by molar-refractivity contribution is 7.66. The number of ether oxygens (including phenoxy) is 3. The summed E-state index contributed by atoms with van der Waals surface area (Å²) in [5.74, 6) is 0.211. The molecule has 0 radical (unpaired) electrons. The van der Waals surface area contributed by atoms with E-state index in [0.717, 1.165) is 0 Å². The van der Waals surface area contributed by atoms with Crippen LogP contribution in [0.1, 0.15) is 18.2 Å². The van der Waals surface area contributed by atoms with Crippen molar-refractivity contribution in [1.29, 1.82) is 0 Å². The number of nitrogens with two attached hydrogens (primary N) is 2. The molecule has 4 unspecified atom stereocenters. The molecule has 0 saturated carbocycles. The molecular formula is C18H28N5O13P3. The van der Waals surface area contributed by atoms with Crippen LogP contribution in [0.25, 0.3) is 17.1 Å². The molecule has 1 saturated heterocycles. The lowest BCUT2D eigenvalue weighted by Gasteiger charge is -2.21. The van der Waals surface area contributed by atoms with Gasteiger partial charge in [-0.15, -0.1) is 6.58 Å². The van der Waals surface area contributed by atoms with Gasteiger partial charge in [-0.05, 0) is 0 Å². The number of hydrogen-bond acceptors (Lipinski definition) is 13. The Morgan fingerprint density at radius 3 is 2.59 bits per heavy atom. The summed E-state index contributed by atoms with van der Waals surface area (Å²) in [6.07, 6.45) is 5.44. The highest BCUT2D eigenvalue weighted by atomic mass is 31.3. The molecule has 1 aliphatic heterocycles. The van der Waals surface area contributed by atoms with E-state index in [9.17, 15) is 23.5 Å². The average molecular weight is 615 g/mol. The molecule has 0 aliphatic carbocycles. The third-order valence-corrected chi connectivity index (χ3v) is 8.81. The van der Waals surface area contributed by atoms with Gasteiger partial charge in [0.1, 0.15) is 36.9 Å². The van der Waals surface area contributed by atoms with Crippen LogP contribution in [0.4, 0.5) is 5.82 Å². The van der Waals surface area contributed by atoms with Crippen LogP contribution in [0.3, 0.4) is 0 Å². The summed E-state index contributed by atoms with van der Waals surface area (Å²) >= 11 is 0. The lowest BCUT2D eigenvalue weighted by Crippen LogP contribution is -2.29. The first-order valence-corrected chi connectivity index (χ1v) is 15.5. The van der Waals surface area contributed by atoms with Crippen molar-refractivity contribution in [2.75, 3.05) is 32.3 Å². The number of phosphoric ester groups is 1. The second-order valence-corrected chi connectivity index (χ2v) is 12.2. The van der Waals surface area contributed by atoms with Crippen LogP contribution in [0.15, 0.2) is 31.3 Å². The molecule has 0 spiro atoms. The van der Waals surface area contributed by atoms with E-state index < -0.39 is 48.5 Å². The Morgan fingerprint density at radius 1 is 1.18 bits per heavy atom. The van der Waals surface area contributed by atoms with Crippen molar-refractivity contribution in [1.82, 2.24) is 14.5 Å². The van der Waals surface area contributed by atoms with E-state index in [1.807, 2.05) is 0 Å². The monoisotopic (exact) mass is 615 g/mol. The van der Waals surface area contributed by atoms with Crippen LogP contribution >= 0.6 is 23.5 Å². The zero-order valence-corrected chi connectivity index (χ0v) is 22.8. The molecule has 3 heterocycles. The molecular weight excluding hydrogens is 587 g/mol. The average Bonchev–Trinajstić information content (AvgIpc) is 3.39. The van der Waals surface area contributed by atoms with Gasteiger partial charge in [-0.25, -0.2) is 23.7 Å². The van der Waals surface area contributed by atoms with Crippen molar-refractivity contribution in [2.45, 2.75) is 24.9 Å². The fraction of sp³-hybridized carbons (Fsp3) is 0.444. The Balaban J connectivity index is 1.81. The number of hydrogen-bond donors (Lipinski definition) is 6. The van der Waals surface area contributed by atoms with E-state index >= 15 is 0 Å². The minimum Gasteiger partial charge on any atom is -0.383 e. The second kappa shape index (κ2) is 13.2. The number of rotatable bonds is 15. The molecule has 1 aliphatic rings. The van der Waals surface area contributed by atoms with Crippen LogP contribution in [0.5, 0.6) is 0 Å². The predicted octanol–water partition coefficient (Wildman–Crippen LogP) is 1.16. The van der Waals surface area contributed by atoms with Gasteiger partial charge in [-0.1, -0.05) is 18.2 Å². The van der Waals surface area contributed by atoms with Crippen molar-refractivity contribution in [2.24, 2.45) is 5.73 Å². The van der Waals surface area contributed by atoms with Crippen LogP contribution in [0.2, 0.25) is 0 Å². The summed E-state index contributed by atoms with van der Waals surface area (Å²) in [6.45, 7) is 3.05. The summed E-state index contributed by atoms with van der Waals surface area (Å²) in [4.78, 5) is 44.8. The number of phosphoric acid groups is 3. The molecule has 2 aromatic heterocycles. The number of fused-ring (bicyclic) bond motifs is 1. The van der Waals surface area contributed by atoms with Gasteiger partial charge in [0.15, 0.2) is 0 Å². The van der Waals surface area contributed by atoms with Gasteiger partial charge in [-0.2, -0.15) is 8.62 Å². The third kappa shape index (κ3) is 9.08. The van der Waals surface area contributed by atoms with Crippen LogP contribution in [-0.4, -0.2) is 72.9 Å². The smallest absolute Gasteiger partial charge is 0.383 e. The quantitative estimate of drug-likeness (QED) is 0.0710. The highest BCUT2D eigenvalue weighted by Crippen LogP contribution is 2.66. The molecule has 8 N–H and O–H groups in total. The molecule has 0 aromatic carbocycles. The van der Waals surface area contributed by atoms with E-state index in [1.54, 1.807) is 22.9 Å². The molecule has 2 aromatic rings. The van der Waals surface area contributed by atoms with Crippen molar-refractivity contribution < 1.29 is 60.6 Å². The molecule has 0 amide bonds. The molecule has 3 rings (SSSR count). The van der Waals surface area contributed by atoms with Crippen molar-refractivity contribution in [3.05, 3.63) is 36.8 Å². The zero-order valence-electron chi connectivity index (χ0n) is 20.2. The van der Waals surface area contributed by atoms with E-state index in [1.165, 1.54) is 12.4 Å². The van der Waals surface area contributed by atoms with Crippen LogP contribution < -0.4 is 11.5 Å². The standard InChI is InChI=1S/C18H28N5O13P3/c1-2-6-31-11-32-13-7-15(23-8-12(4-3-5-19)16-17(20)21-10-22-18(16)23)34-14(13)9-33-38(27,28)36-39(29,30)35-37(24,25)26/h2-4,8,10,13-15H,1,5-7,9,11,19H2,(H,27,28)(H,29,30)(H2,20,21,22)(H2,24,25,26)/b4-3+/t13-,14?,15?/m1/s1. The summed E-state index contributed by atoms with van der Waals surface area (Å²) in [5.41, 5.74) is 12.7. The van der Waals surface area contributed by atoms with Crippen molar-refractivity contribution in [3.8, 4) is 0 Å². The normalized spacial score (nSPS) is 23.3. The van der Waals surface area contributed by atoms with E-state index in [0.29, 0.717) is 16.6 Å². The van der Waals surface area contributed by atoms with Crippen LogP contribution in [-0.2, 0) is 41.1 Å². The Hall–Kier alpha value is -1.85. The maximum atomic E-state index is 12.2. The van der Waals surface area contributed by atoms with Crippen LogP contribution in [0, 0.1) is 0 Å². The Kier molecular flexibility index (Phi) is 10.7. The van der Waals surface area contributed by atoms with Gasteiger partial charge >= 0.3 is 23.5 Å². The fourth-order valence-electron chi connectivity index (χ4n) is 3.61. The maximum Gasteiger partial charge on any atom is 0.490 e. The van der Waals surface area contributed by atoms with Crippen molar-refractivity contribution >= 4 is 46.4 Å². The first-order chi connectivity index (χ1) is 18.3. The number of anilines is 1. The Bertz CT molecular complexity index is 1330. The first-order valence-electron chi connectivity index (χ1n) is 11.0. The van der Waals surface area contributed by atoms with Gasteiger partial charge in [0.2, 0.25) is 0 Å². The minimum absolute atomic E-state index is 0.162. The Labute approximate surface area is 221 Å². The van der Waals surface area contributed by atoms with Gasteiger partial charge in [-0.3, -0.25) is 4.52 Å². The molecule has 1 fully saturated rings. The van der Waals surface area contributed by atoms with Gasteiger partial charge in [0, 0.05) is 24.7 Å². The van der Waals surface area contributed by atoms with E-state index in [2.05, 4.69) is 25.2 Å². The lowest BCUT2D eigenvalue weighted by atomic mass is 10.2. The summed E-state index contributed by atoms with van der Waals surface area (Å²) in [7, 11) is -16.6. The number of nitrogen functional groups attached to an aromatic ring is 1. The molecule has 21 heteroatoms. The molecule has 18 nitrogen and oxygen atoms in total. The molecule has 218 valence electrons. The first kappa shape index (κ1) is 31.7. The molecule has 0 bridgehead atoms. The van der Waals surface area contributed by atoms with Gasteiger partial charge < -0.3 is 49.8 Å². The van der Waals surface area contributed by atoms with Gasteiger partial charge in [0.25, 0.3) is 0 Å². The zero-order chi connectivity index (χ0) is 28.8. The summed E-state index contributed by atoms with van der Waals surface area (Å²) < 4.78 is 65.4. The molecule has 39 heavy (non-hydrogen) atoms. The largest absolute Gasteiger partial charge is 0.490 e. The molecule has 5 atom stereocenters. The summed E-state index contributed by atoms with van der Waals surface area (Å²) in [6, 6.07) is 0. The maximum absolute atomic E-state index is 12.2. The topological polar surface area (TPSA) is 270 Å². The van der Waals surface area contributed by atoms with Gasteiger partial charge in [0.05, 0.1) is 24.7 Å². The van der Waals surface area contributed by atoms with Crippen molar-refractivity contribution in [3.63, 3.8) is 0 Å². The predicted molar refractivity (Wildman–Crippen MR) is 134 cm³/mol. The third-order valence-electron chi connectivity index (χ3n) is 5.01. The second-order valence-electron chi connectivity index (χ2n) is 7.82. The highest BCUT2D eigenvalue weighted by Gasteiger charge is 2.43. The minimum atomic E-state index is -5.68. The summed E-state index contributed by atoms with van der Waals surface area (Å²) in [5, 5.41) is 0.536. The SMILES string of the molecule is C=CCOCO[C@@H]1CC(n2cc(/C=C/CN)c3c(N)ncnc32)OC1COP(=O)(O)OP(=O)(O)OP(=O)(O)O. The van der Waals surface area contributed by atoms with E-state index in [4.69, 9.17) is 40.0 Å².